The quantitative estimate of drug-likeness (QED) is 0.805. The van der Waals surface area contributed by atoms with Gasteiger partial charge in [0.1, 0.15) is 0 Å². The van der Waals surface area contributed by atoms with Crippen molar-refractivity contribution in [2.24, 2.45) is 4.99 Å². The van der Waals surface area contributed by atoms with Crippen LogP contribution in [-0.2, 0) is 6.54 Å². The van der Waals surface area contributed by atoms with Crippen LogP contribution in [0.5, 0.6) is 5.88 Å². The summed E-state index contributed by atoms with van der Waals surface area (Å²) in [6.45, 7) is 2.62. The molecule has 0 spiro atoms. The molecule has 0 fully saturated rings. The van der Waals surface area contributed by atoms with Crippen LogP contribution in [0.2, 0.25) is 0 Å². The van der Waals surface area contributed by atoms with Gasteiger partial charge in [-0.2, -0.15) is 0 Å². The Labute approximate surface area is 118 Å². The lowest BCUT2D eigenvalue weighted by atomic mass is 10.3. The first-order chi connectivity index (χ1) is 7.88. The Kier molecular flexibility index (Phi) is 6.03. The summed E-state index contributed by atoms with van der Waals surface area (Å²) in [4.78, 5) is 8.47. The van der Waals surface area contributed by atoms with Gasteiger partial charge < -0.3 is 15.4 Å². The predicted molar refractivity (Wildman–Crippen MR) is 78.0 cm³/mol. The molecule has 1 aromatic heterocycles. The number of pyridine rings is 1. The molecule has 0 aliphatic carbocycles. The van der Waals surface area contributed by atoms with E-state index in [1.807, 2.05) is 12.1 Å². The molecule has 0 radical (unpaired) electrons. The number of nitrogens with zero attached hydrogens (tertiary/aromatic N) is 2. The third-order valence-electron chi connectivity index (χ3n) is 2.36. The van der Waals surface area contributed by atoms with Crippen molar-refractivity contribution in [3.8, 4) is 5.88 Å². The fourth-order valence-electron chi connectivity index (χ4n) is 1.47. The summed E-state index contributed by atoms with van der Waals surface area (Å²) < 4.78 is 5.00. The summed E-state index contributed by atoms with van der Waals surface area (Å²) in [5, 5.41) is 6.44. The van der Waals surface area contributed by atoms with E-state index in [-0.39, 0.29) is 24.0 Å². The van der Waals surface area contributed by atoms with Crippen molar-refractivity contribution >= 4 is 29.9 Å². The van der Waals surface area contributed by atoms with Crippen LogP contribution in [0.4, 0.5) is 0 Å². The summed E-state index contributed by atoms with van der Waals surface area (Å²) in [5.41, 5.74) is 1.11. The van der Waals surface area contributed by atoms with E-state index in [1.54, 1.807) is 13.3 Å². The van der Waals surface area contributed by atoms with Crippen LogP contribution in [0.1, 0.15) is 12.0 Å². The van der Waals surface area contributed by atoms with E-state index >= 15 is 0 Å². The molecule has 0 amide bonds. The molecule has 5 nitrogen and oxygen atoms in total. The van der Waals surface area contributed by atoms with Gasteiger partial charge in [-0.1, -0.05) is 6.07 Å². The molecule has 94 valence electrons. The van der Waals surface area contributed by atoms with E-state index in [2.05, 4.69) is 20.6 Å². The zero-order valence-electron chi connectivity index (χ0n) is 9.77. The number of hydrogen-bond acceptors (Lipinski definition) is 5. The molecule has 0 atom stereocenters. The minimum absolute atomic E-state index is 0. The molecule has 6 heteroatoms. The Balaban J connectivity index is 0.00000144. The summed E-state index contributed by atoms with van der Waals surface area (Å²) in [6, 6.07) is 3.84. The fourth-order valence-corrected chi connectivity index (χ4v) is 1.47. The molecule has 1 aliphatic heterocycles. The maximum absolute atomic E-state index is 5.00. The van der Waals surface area contributed by atoms with Gasteiger partial charge >= 0.3 is 0 Å². The van der Waals surface area contributed by atoms with E-state index in [0.29, 0.717) is 5.88 Å². The predicted octanol–water partition coefficient (Wildman–Crippen LogP) is 1.15. The third kappa shape index (κ3) is 4.37. The van der Waals surface area contributed by atoms with Gasteiger partial charge in [-0.05, 0) is 12.0 Å². The summed E-state index contributed by atoms with van der Waals surface area (Å²) in [7, 11) is 1.61. The highest BCUT2D eigenvalue weighted by atomic mass is 127. The van der Waals surface area contributed by atoms with Crippen LogP contribution >= 0.6 is 24.0 Å². The lowest BCUT2D eigenvalue weighted by Gasteiger charge is -2.15. The second-order valence-electron chi connectivity index (χ2n) is 3.57. The van der Waals surface area contributed by atoms with Crippen molar-refractivity contribution in [2.45, 2.75) is 13.0 Å². The lowest BCUT2D eigenvalue weighted by molar-refractivity contribution is 0.397. The molecule has 0 bridgehead atoms. The SMILES string of the molecule is COc1ccc(CNC2=NCCCN2)cn1.I. The molecule has 0 saturated carbocycles. The molecular formula is C11H17IN4O. The number of guanidine groups is 1. The van der Waals surface area contributed by atoms with Gasteiger partial charge in [0, 0.05) is 31.9 Å². The van der Waals surface area contributed by atoms with Crippen LogP contribution in [0.15, 0.2) is 23.3 Å². The Morgan fingerprint density at radius 2 is 2.35 bits per heavy atom. The second-order valence-corrected chi connectivity index (χ2v) is 3.57. The zero-order valence-corrected chi connectivity index (χ0v) is 12.1. The largest absolute Gasteiger partial charge is 0.481 e. The minimum atomic E-state index is 0. The van der Waals surface area contributed by atoms with Crippen LogP contribution in [0.3, 0.4) is 0 Å². The maximum atomic E-state index is 5.00. The summed E-state index contributed by atoms with van der Waals surface area (Å²) >= 11 is 0. The molecule has 1 aliphatic rings. The highest BCUT2D eigenvalue weighted by Crippen LogP contribution is 2.06. The first-order valence-corrected chi connectivity index (χ1v) is 5.39. The van der Waals surface area contributed by atoms with E-state index in [9.17, 15) is 0 Å². The molecule has 1 aromatic rings. The number of methoxy groups -OCH3 is 1. The maximum Gasteiger partial charge on any atom is 0.212 e. The molecule has 0 unspecified atom stereocenters. The van der Waals surface area contributed by atoms with E-state index < -0.39 is 0 Å². The smallest absolute Gasteiger partial charge is 0.212 e. The van der Waals surface area contributed by atoms with Crippen molar-refractivity contribution < 1.29 is 4.74 Å². The summed E-state index contributed by atoms with van der Waals surface area (Å²) in [6.07, 6.45) is 2.91. The van der Waals surface area contributed by atoms with Gasteiger partial charge in [-0.15, -0.1) is 24.0 Å². The summed E-state index contributed by atoms with van der Waals surface area (Å²) in [5.74, 6) is 1.51. The number of aromatic nitrogens is 1. The number of rotatable bonds is 3. The van der Waals surface area contributed by atoms with E-state index in [0.717, 1.165) is 37.6 Å². The Morgan fingerprint density at radius 1 is 1.47 bits per heavy atom. The zero-order chi connectivity index (χ0) is 11.2. The van der Waals surface area contributed by atoms with Gasteiger partial charge in [0.25, 0.3) is 0 Å². The monoisotopic (exact) mass is 348 g/mol. The minimum Gasteiger partial charge on any atom is -0.481 e. The molecule has 2 heterocycles. The molecule has 0 saturated heterocycles. The van der Waals surface area contributed by atoms with Crippen molar-refractivity contribution in [3.05, 3.63) is 23.9 Å². The van der Waals surface area contributed by atoms with Crippen LogP contribution in [0, 0.1) is 0 Å². The van der Waals surface area contributed by atoms with Crippen molar-refractivity contribution in [3.63, 3.8) is 0 Å². The number of aliphatic imine (C=N–C) groups is 1. The molecular weight excluding hydrogens is 331 g/mol. The van der Waals surface area contributed by atoms with Gasteiger partial charge in [-0.3, -0.25) is 4.99 Å². The van der Waals surface area contributed by atoms with Crippen LogP contribution < -0.4 is 15.4 Å². The molecule has 0 aromatic carbocycles. The van der Waals surface area contributed by atoms with Gasteiger partial charge in [-0.25, -0.2) is 4.98 Å². The number of nitrogens with one attached hydrogen (secondary N) is 2. The van der Waals surface area contributed by atoms with E-state index in [1.165, 1.54) is 0 Å². The highest BCUT2D eigenvalue weighted by Gasteiger charge is 2.03. The standard InChI is InChI=1S/C11H16N4O.HI/c1-16-10-4-3-9(7-14-10)8-15-11-12-5-2-6-13-11;/h3-4,7H,2,5-6,8H2,1H3,(H2,12,13,15);1H. The van der Waals surface area contributed by atoms with Crippen LogP contribution in [-0.4, -0.2) is 31.1 Å². The third-order valence-corrected chi connectivity index (χ3v) is 2.36. The van der Waals surface area contributed by atoms with Crippen molar-refractivity contribution in [1.29, 1.82) is 0 Å². The number of hydrogen-bond donors (Lipinski definition) is 2. The molecule has 17 heavy (non-hydrogen) atoms. The van der Waals surface area contributed by atoms with Gasteiger partial charge in [0.15, 0.2) is 5.96 Å². The Morgan fingerprint density at radius 3 is 2.94 bits per heavy atom. The topological polar surface area (TPSA) is 58.5 Å². The number of halogens is 1. The lowest BCUT2D eigenvalue weighted by Crippen LogP contribution is -2.40. The van der Waals surface area contributed by atoms with Gasteiger partial charge in [0.05, 0.1) is 7.11 Å². The first kappa shape index (κ1) is 14.0. The highest BCUT2D eigenvalue weighted by molar-refractivity contribution is 14.0. The van der Waals surface area contributed by atoms with Gasteiger partial charge in [0.2, 0.25) is 5.88 Å². The first-order valence-electron chi connectivity index (χ1n) is 5.39. The van der Waals surface area contributed by atoms with Crippen molar-refractivity contribution in [1.82, 2.24) is 15.6 Å². The average Bonchev–Trinajstić information content (AvgIpc) is 2.38. The average molecular weight is 348 g/mol. The van der Waals surface area contributed by atoms with Crippen molar-refractivity contribution in [2.75, 3.05) is 20.2 Å². The number of ether oxygens (including phenoxy) is 1. The Hall–Kier alpha value is -1.05. The Bertz CT molecular complexity index is 366. The van der Waals surface area contributed by atoms with Crippen LogP contribution in [0.25, 0.3) is 0 Å². The second kappa shape index (κ2) is 7.31. The van der Waals surface area contributed by atoms with E-state index in [4.69, 9.17) is 4.74 Å². The fraction of sp³-hybridized carbons (Fsp3) is 0.455. The normalized spacial score (nSPS) is 14.1. The molecule has 2 rings (SSSR count). The molecule has 2 N–H and O–H groups in total.